The van der Waals surface area contributed by atoms with Gasteiger partial charge in [-0.15, -0.1) is 0 Å². The van der Waals surface area contributed by atoms with Crippen molar-refractivity contribution in [2.24, 2.45) is 0 Å². The fraction of sp³-hybridized carbons (Fsp3) is 0.583. The van der Waals surface area contributed by atoms with Crippen molar-refractivity contribution in [1.82, 2.24) is 9.88 Å². The maximum Gasteiger partial charge on any atom is 0.0746 e. The molecule has 82 valence electrons. The smallest absolute Gasteiger partial charge is 0.0746 e. The van der Waals surface area contributed by atoms with Crippen LogP contribution in [0.15, 0.2) is 24.4 Å². The van der Waals surface area contributed by atoms with Gasteiger partial charge in [0.2, 0.25) is 0 Å². The molecular weight excluding hydrogens is 188 g/mol. The van der Waals surface area contributed by atoms with Gasteiger partial charge in [-0.05, 0) is 38.4 Å². The lowest BCUT2D eigenvalue weighted by atomic mass is 9.95. The number of rotatable bonds is 2. The fourth-order valence-electron chi connectivity index (χ4n) is 2.18. The van der Waals surface area contributed by atoms with Crippen molar-refractivity contribution in [1.29, 1.82) is 0 Å². The van der Waals surface area contributed by atoms with Gasteiger partial charge in [-0.25, -0.2) is 0 Å². The van der Waals surface area contributed by atoms with Crippen LogP contribution in [0.1, 0.15) is 25.5 Å². The van der Waals surface area contributed by atoms with Crippen LogP contribution in [0.2, 0.25) is 0 Å². The van der Waals surface area contributed by atoms with Crippen molar-refractivity contribution in [2.45, 2.75) is 31.9 Å². The molecule has 0 aliphatic carbocycles. The van der Waals surface area contributed by atoms with Crippen molar-refractivity contribution in [2.75, 3.05) is 13.1 Å². The Bertz CT molecular complexity index is 311. The molecule has 0 bridgehead atoms. The van der Waals surface area contributed by atoms with Crippen molar-refractivity contribution < 1.29 is 5.11 Å². The van der Waals surface area contributed by atoms with Crippen molar-refractivity contribution in [3.05, 3.63) is 30.1 Å². The molecule has 1 N–H and O–H groups in total. The highest BCUT2D eigenvalue weighted by Crippen LogP contribution is 2.21. The quantitative estimate of drug-likeness (QED) is 0.795. The van der Waals surface area contributed by atoms with E-state index in [0.717, 1.165) is 38.2 Å². The Kier molecular flexibility index (Phi) is 3.03. The van der Waals surface area contributed by atoms with Crippen LogP contribution in [-0.2, 0) is 6.54 Å². The number of β-amino-alcohol motifs (C(OH)–C–C–N with tert-alkyl or cyclic N) is 1. The zero-order valence-electron chi connectivity index (χ0n) is 9.19. The molecule has 1 aromatic rings. The molecule has 0 aromatic carbocycles. The summed E-state index contributed by atoms with van der Waals surface area (Å²) < 4.78 is 0. The summed E-state index contributed by atoms with van der Waals surface area (Å²) in [6.07, 6.45) is 3.79. The molecule has 15 heavy (non-hydrogen) atoms. The first-order valence-electron chi connectivity index (χ1n) is 5.50. The number of aromatic nitrogens is 1. The van der Waals surface area contributed by atoms with Crippen LogP contribution in [0.25, 0.3) is 0 Å². The summed E-state index contributed by atoms with van der Waals surface area (Å²) in [5.41, 5.74) is 0.558. The summed E-state index contributed by atoms with van der Waals surface area (Å²) in [6.45, 7) is 4.57. The van der Waals surface area contributed by atoms with E-state index in [4.69, 9.17) is 0 Å². The van der Waals surface area contributed by atoms with Gasteiger partial charge < -0.3 is 5.11 Å². The van der Waals surface area contributed by atoms with E-state index in [2.05, 4.69) is 9.88 Å². The topological polar surface area (TPSA) is 36.4 Å². The summed E-state index contributed by atoms with van der Waals surface area (Å²) in [7, 11) is 0. The van der Waals surface area contributed by atoms with E-state index in [0.29, 0.717) is 0 Å². The van der Waals surface area contributed by atoms with Gasteiger partial charge in [0.05, 0.1) is 11.3 Å². The van der Waals surface area contributed by atoms with Gasteiger partial charge in [-0.2, -0.15) is 0 Å². The largest absolute Gasteiger partial charge is 0.389 e. The van der Waals surface area contributed by atoms with Gasteiger partial charge >= 0.3 is 0 Å². The first-order valence-corrected chi connectivity index (χ1v) is 5.50. The lowest BCUT2D eigenvalue weighted by Crippen LogP contribution is -2.45. The molecule has 1 saturated heterocycles. The van der Waals surface area contributed by atoms with Crippen molar-refractivity contribution in [3.8, 4) is 0 Å². The van der Waals surface area contributed by atoms with Crippen LogP contribution < -0.4 is 0 Å². The Labute approximate surface area is 90.8 Å². The summed E-state index contributed by atoms with van der Waals surface area (Å²) in [5.74, 6) is 0. The first-order chi connectivity index (χ1) is 7.16. The third kappa shape index (κ3) is 3.01. The molecule has 1 aliphatic heterocycles. The Balaban J connectivity index is 1.95. The highest BCUT2D eigenvalue weighted by atomic mass is 16.3. The molecular formula is C12H18N2O. The van der Waals surface area contributed by atoms with Crippen LogP contribution in [0, 0.1) is 0 Å². The van der Waals surface area contributed by atoms with E-state index < -0.39 is 5.60 Å². The maximum atomic E-state index is 9.96. The van der Waals surface area contributed by atoms with Crippen LogP contribution in [0.4, 0.5) is 0 Å². The van der Waals surface area contributed by atoms with E-state index in [1.165, 1.54) is 0 Å². The standard InChI is InChI=1S/C12H18N2O/c1-12(15)6-4-8-14(10-12)9-11-5-2-3-7-13-11/h2-3,5,7,15H,4,6,8-10H2,1H3. The summed E-state index contributed by atoms with van der Waals surface area (Å²) in [6, 6.07) is 5.96. The van der Waals surface area contributed by atoms with Gasteiger partial charge in [-0.3, -0.25) is 9.88 Å². The lowest BCUT2D eigenvalue weighted by Gasteiger charge is -2.36. The predicted octanol–water partition coefficient (Wildman–Crippen LogP) is 1.43. The molecule has 0 spiro atoms. The van der Waals surface area contributed by atoms with E-state index >= 15 is 0 Å². The van der Waals surface area contributed by atoms with E-state index in [9.17, 15) is 5.11 Å². The third-order valence-electron chi connectivity index (χ3n) is 2.87. The van der Waals surface area contributed by atoms with Crippen molar-refractivity contribution >= 4 is 0 Å². The predicted molar refractivity (Wildman–Crippen MR) is 59.4 cm³/mol. The Morgan fingerprint density at radius 1 is 1.53 bits per heavy atom. The van der Waals surface area contributed by atoms with E-state index in [-0.39, 0.29) is 0 Å². The fourth-order valence-corrected chi connectivity index (χ4v) is 2.18. The number of hydrogen-bond acceptors (Lipinski definition) is 3. The van der Waals surface area contributed by atoms with Gasteiger partial charge in [0.15, 0.2) is 0 Å². The summed E-state index contributed by atoms with van der Waals surface area (Å²) >= 11 is 0. The van der Waals surface area contributed by atoms with Crippen LogP contribution >= 0.6 is 0 Å². The second-order valence-electron chi connectivity index (χ2n) is 4.63. The van der Waals surface area contributed by atoms with E-state index in [1.54, 1.807) is 0 Å². The van der Waals surface area contributed by atoms with Crippen LogP contribution in [0.5, 0.6) is 0 Å². The van der Waals surface area contributed by atoms with Crippen LogP contribution in [-0.4, -0.2) is 33.7 Å². The zero-order valence-corrected chi connectivity index (χ0v) is 9.19. The number of likely N-dealkylation sites (tertiary alicyclic amines) is 1. The zero-order chi connectivity index (χ0) is 10.7. The van der Waals surface area contributed by atoms with E-state index in [1.807, 2.05) is 31.3 Å². The summed E-state index contributed by atoms with van der Waals surface area (Å²) in [4.78, 5) is 6.57. The number of hydrogen-bond donors (Lipinski definition) is 1. The third-order valence-corrected chi connectivity index (χ3v) is 2.87. The average Bonchev–Trinajstić information content (AvgIpc) is 2.17. The normalized spacial score (nSPS) is 27.9. The molecule has 1 unspecified atom stereocenters. The molecule has 2 heterocycles. The first kappa shape index (κ1) is 10.6. The Hall–Kier alpha value is -0.930. The molecule has 1 fully saturated rings. The minimum Gasteiger partial charge on any atom is -0.389 e. The minimum absolute atomic E-state index is 0.521. The number of piperidine rings is 1. The van der Waals surface area contributed by atoms with Crippen LogP contribution in [0.3, 0.4) is 0 Å². The number of nitrogens with zero attached hydrogens (tertiary/aromatic N) is 2. The summed E-state index contributed by atoms with van der Waals surface area (Å²) in [5, 5.41) is 9.96. The lowest BCUT2D eigenvalue weighted by molar-refractivity contribution is -0.0184. The maximum absolute atomic E-state index is 9.96. The molecule has 1 atom stereocenters. The van der Waals surface area contributed by atoms with Gasteiger partial charge in [0.25, 0.3) is 0 Å². The highest BCUT2D eigenvalue weighted by Gasteiger charge is 2.28. The Morgan fingerprint density at radius 3 is 3.07 bits per heavy atom. The monoisotopic (exact) mass is 206 g/mol. The molecule has 1 aliphatic rings. The van der Waals surface area contributed by atoms with Gasteiger partial charge in [0.1, 0.15) is 0 Å². The second kappa shape index (κ2) is 4.29. The molecule has 2 rings (SSSR count). The Morgan fingerprint density at radius 2 is 2.40 bits per heavy atom. The number of pyridine rings is 1. The molecule has 0 saturated carbocycles. The SMILES string of the molecule is CC1(O)CCCN(Cc2ccccn2)C1. The minimum atomic E-state index is -0.521. The molecule has 0 amide bonds. The van der Waals surface area contributed by atoms with Gasteiger partial charge in [0, 0.05) is 19.3 Å². The molecule has 0 radical (unpaired) electrons. The molecule has 3 heteroatoms. The molecule has 3 nitrogen and oxygen atoms in total. The average molecular weight is 206 g/mol. The molecule has 1 aromatic heterocycles. The number of aliphatic hydroxyl groups is 1. The van der Waals surface area contributed by atoms with Gasteiger partial charge in [-0.1, -0.05) is 6.07 Å². The highest BCUT2D eigenvalue weighted by molar-refractivity contribution is 5.03. The van der Waals surface area contributed by atoms with Crippen molar-refractivity contribution in [3.63, 3.8) is 0 Å². The second-order valence-corrected chi connectivity index (χ2v) is 4.63.